The first-order valence-electron chi connectivity index (χ1n) is 6.89. The number of alkyl halides is 3. The van der Waals surface area contributed by atoms with Crippen LogP contribution in [0.1, 0.15) is 5.69 Å². The van der Waals surface area contributed by atoms with Crippen molar-refractivity contribution in [1.82, 2.24) is 14.3 Å². The molecule has 0 fully saturated rings. The number of hydrogen-bond acceptors (Lipinski definition) is 3. The Morgan fingerprint density at radius 1 is 1.17 bits per heavy atom. The van der Waals surface area contributed by atoms with E-state index in [4.69, 9.17) is 0 Å². The Labute approximate surface area is 134 Å². The fraction of sp³-hybridized carbons (Fsp3) is 0.125. The molecule has 0 bridgehead atoms. The summed E-state index contributed by atoms with van der Waals surface area (Å²) in [5, 5.41) is 13.0. The van der Waals surface area contributed by atoms with Gasteiger partial charge in [-0.05, 0) is 18.2 Å². The third-order valence-electron chi connectivity index (χ3n) is 3.51. The first-order valence-corrected chi connectivity index (χ1v) is 6.89. The number of nitrogens with zero attached hydrogens (tertiary/aromatic N) is 3. The molecule has 3 rings (SSSR count). The zero-order valence-corrected chi connectivity index (χ0v) is 12.4. The zero-order chi connectivity index (χ0) is 17.5. The highest BCUT2D eigenvalue weighted by Crippen LogP contribution is 2.31. The largest absolute Gasteiger partial charge is 0.503 e. The van der Waals surface area contributed by atoms with Crippen molar-refractivity contribution in [2.75, 3.05) is 0 Å². The van der Waals surface area contributed by atoms with E-state index in [1.165, 1.54) is 30.1 Å². The molecule has 1 aromatic carbocycles. The summed E-state index contributed by atoms with van der Waals surface area (Å²) in [5.41, 5.74) is -0.0709. The van der Waals surface area contributed by atoms with Gasteiger partial charge in [-0.1, -0.05) is 12.1 Å². The lowest BCUT2D eigenvalue weighted by atomic mass is 10.1. The first-order chi connectivity index (χ1) is 11.3. The molecule has 1 N–H and O–H groups in total. The molecule has 0 radical (unpaired) electrons. The standard InChI is InChI=1S/C16H12F3N3O2/c1-21-12(8-15(20-21)16(17,18)19)10-3-2-4-11(7-10)22-6-5-13(23)14(24)9-22/h2-9,24H,1H3. The lowest BCUT2D eigenvalue weighted by Crippen LogP contribution is -2.06. The van der Waals surface area contributed by atoms with Crippen LogP contribution in [0.15, 0.2) is 53.6 Å². The van der Waals surface area contributed by atoms with Crippen molar-refractivity contribution in [2.45, 2.75) is 6.18 Å². The van der Waals surface area contributed by atoms with Crippen LogP contribution in [0.4, 0.5) is 13.2 Å². The van der Waals surface area contributed by atoms with Gasteiger partial charge < -0.3 is 9.67 Å². The van der Waals surface area contributed by atoms with E-state index >= 15 is 0 Å². The lowest BCUT2D eigenvalue weighted by molar-refractivity contribution is -0.141. The van der Waals surface area contributed by atoms with E-state index in [-0.39, 0.29) is 0 Å². The van der Waals surface area contributed by atoms with Crippen LogP contribution in [-0.4, -0.2) is 19.5 Å². The molecule has 0 aliphatic carbocycles. The second-order valence-electron chi connectivity index (χ2n) is 5.19. The Bertz CT molecular complexity index is 958. The lowest BCUT2D eigenvalue weighted by Gasteiger charge is -2.09. The normalized spacial score (nSPS) is 11.7. The Kier molecular flexibility index (Phi) is 3.67. The van der Waals surface area contributed by atoms with Gasteiger partial charge in [0.05, 0.1) is 11.9 Å². The van der Waals surface area contributed by atoms with Crippen molar-refractivity contribution in [3.8, 4) is 22.7 Å². The Balaban J connectivity index is 2.07. The van der Waals surface area contributed by atoms with Gasteiger partial charge in [0, 0.05) is 30.6 Å². The number of halogens is 3. The molecule has 124 valence electrons. The highest BCUT2D eigenvalue weighted by atomic mass is 19.4. The van der Waals surface area contributed by atoms with E-state index in [9.17, 15) is 23.1 Å². The Hall–Kier alpha value is -3.03. The third-order valence-corrected chi connectivity index (χ3v) is 3.51. The van der Waals surface area contributed by atoms with Gasteiger partial charge in [-0.25, -0.2) is 0 Å². The summed E-state index contributed by atoms with van der Waals surface area (Å²) >= 11 is 0. The van der Waals surface area contributed by atoms with Gasteiger partial charge in [0.2, 0.25) is 5.43 Å². The molecular formula is C16H12F3N3O2. The second kappa shape index (κ2) is 5.55. The van der Waals surface area contributed by atoms with Crippen molar-refractivity contribution in [3.05, 3.63) is 64.7 Å². The highest BCUT2D eigenvalue weighted by molar-refractivity contribution is 5.63. The number of aromatic hydroxyl groups is 1. The van der Waals surface area contributed by atoms with Gasteiger partial charge in [0.1, 0.15) is 0 Å². The fourth-order valence-corrected chi connectivity index (χ4v) is 2.33. The van der Waals surface area contributed by atoms with Crippen LogP contribution in [0.2, 0.25) is 0 Å². The van der Waals surface area contributed by atoms with Crippen LogP contribution in [0.3, 0.4) is 0 Å². The predicted octanol–water partition coefficient (Wildman–Crippen LogP) is 2.96. The van der Waals surface area contributed by atoms with Gasteiger partial charge >= 0.3 is 6.18 Å². The number of benzene rings is 1. The van der Waals surface area contributed by atoms with E-state index in [0.717, 1.165) is 10.7 Å². The van der Waals surface area contributed by atoms with E-state index < -0.39 is 23.0 Å². The average Bonchev–Trinajstić information content (AvgIpc) is 2.92. The minimum atomic E-state index is -4.52. The minimum Gasteiger partial charge on any atom is -0.503 e. The smallest absolute Gasteiger partial charge is 0.435 e. The summed E-state index contributed by atoms with van der Waals surface area (Å²) in [7, 11) is 1.43. The van der Waals surface area contributed by atoms with Crippen LogP contribution in [0.25, 0.3) is 16.9 Å². The molecule has 0 aliphatic heterocycles. The summed E-state index contributed by atoms with van der Waals surface area (Å²) in [6.45, 7) is 0. The van der Waals surface area contributed by atoms with Crippen molar-refractivity contribution in [3.63, 3.8) is 0 Å². The number of aromatic nitrogens is 3. The average molecular weight is 335 g/mol. The number of hydrogen-bond donors (Lipinski definition) is 1. The second-order valence-corrected chi connectivity index (χ2v) is 5.19. The molecule has 0 saturated heterocycles. The number of aryl methyl sites for hydroxylation is 1. The maximum absolute atomic E-state index is 12.8. The Morgan fingerprint density at radius 2 is 1.92 bits per heavy atom. The maximum Gasteiger partial charge on any atom is 0.435 e. The SMILES string of the molecule is Cn1nc(C(F)(F)F)cc1-c1cccc(-n2ccc(=O)c(O)c2)c1. The summed E-state index contributed by atoms with van der Waals surface area (Å²) < 4.78 is 41.0. The number of rotatable bonds is 2. The first kappa shape index (κ1) is 15.9. The third kappa shape index (κ3) is 2.90. The fourth-order valence-electron chi connectivity index (χ4n) is 2.33. The molecule has 24 heavy (non-hydrogen) atoms. The quantitative estimate of drug-likeness (QED) is 0.783. The van der Waals surface area contributed by atoms with E-state index in [1.54, 1.807) is 24.3 Å². The molecule has 0 aliphatic rings. The minimum absolute atomic E-state index is 0.300. The molecule has 0 unspecified atom stereocenters. The molecule has 3 aromatic rings. The van der Waals surface area contributed by atoms with Crippen molar-refractivity contribution < 1.29 is 18.3 Å². The summed E-state index contributed by atoms with van der Waals surface area (Å²) in [6, 6.07) is 8.84. The monoisotopic (exact) mass is 335 g/mol. The van der Waals surface area contributed by atoms with E-state index in [2.05, 4.69) is 5.10 Å². The van der Waals surface area contributed by atoms with Gasteiger partial charge in [0.15, 0.2) is 11.4 Å². The van der Waals surface area contributed by atoms with Crippen LogP contribution in [0.5, 0.6) is 5.75 Å². The number of pyridine rings is 1. The van der Waals surface area contributed by atoms with Crippen LogP contribution in [-0.2, 0) is 13.2 Å². The predicted molar refractivity (Wildman–Crippen MR) is 80.9 cm³/mol. The van der Waals surface area contributed by atoms with Gasteiger partial charge in [0.25, 0.3) is 0 Å². The van der Waals surface area contributed by atoms with E-state index in [1.807, 2.05) is 0 Å². The van der Waals surface area contributed by atoms with Crippen molar-refractivity contribution >= 4 is 0 Å². The summed E-state index contributed by atoms with van der Waals surface area (Å²) in [5.74, 6) is -0.414. The van der Waals surface area contributed by atoms with Crippen molar-refractivity contribution in [1.29, 1.82) is 0 Å². The van der Waals surface area contributed by atoms with Gasteiger partial charge in [-0.3, -0.25) is 9.48 Å². The molecule has 8 heteroatoms. The summed E-state index contributed by atoms with van der Waals surface area (Å²) in [4.78, 5) is 11.3. The van der Waals surface area contributed by atoms with Gasteiger partial charge in [-0.15, -0.1) is 0 Å². The molecule has 0 atom stereocenters. The molecule has 0 saturated carbocycles. The molecule has 5 nitrogen and oxygen atoms in total. The van der Waals surface area contributed by atoms with Crippen LogP contribution < -0.4 is 5.43 Å². The maximum atomic E-state index is 12.8. The van der Waals surface area contributed by atoms with E-state index in [0.29, 0.717) is 16.9 Å². The molecule has 0 amide bonds. The van der Waals surface area contributed by atoms with Crippen molar-refractivity contribution in [2.24, 2.45) is 7.05 Å². The zero-order valence-electron chi connectivity index (χ0n) is 12.4. The van der Waals surface area contributed by atoms with Gasteiger partial charge in [-0.2, -0.15) is 18.3 Å². The molecule has 2 heterocycles. The van der Waals surface area contributed by atoms with Crippen LogP contribution >= 0.6 is 0 Å². The summed E-state index contributed by atoms with van der Waals surface area (Å²) in [6.07, 6.45) is -1.81. The highest BCUT2D eigenvalue weighted by Gasteiger charge is 2.34. The molecular weight excluding hydrogens is 323 g/mol. The molecule has 2 aromatic heterocycles. The topological polar surface area (TPSA) is 60.0 Å². The molecule has 0 spiro atoms. The Morgan fingerprint density at radius 3 is 2.54 bits per heavy atom. The van der Waals surface area contributed by atoms with Crippen LogP contribution in [0, 0.1) is 0 Å².